The molecule has 0 aliphatic carbocycles. The Morgan fingerprint density at radius 1 is 1.08 bits per heavy atom. The van der Waals surface area contributed by atoms with Crippen molar-refractivity contribution in [1.82, 2.24) is 15.3 Å². The molecule has 1 atom stereocenters. The summed E-state index contributed by atoms with van der Waals surface area (Å²) in [7, 11) is 0. The van der Waals surface area contributed by atoms with Crippen LogP contribution in [0.3, 0.4) is 0 Å². The lowest BCUT2D eigenvalue weighted by Crippen LogP contribution is -2.24. The van der Waals surface area contributed by atoms with E-state index in [0.29, 0.717) is 5.76 Å². The maximum Gasteiger partial charge on any atom is 0.244 e. The number of carbonyl (C=O) groups is 1. The van der Waals surface area contributed by atoms with Crippen LogP contribution in [0.25, 0.3) is 17.2 Å². The van der Waals surface area contributed by atoms with Crippen LogP contribution < -0.4 is 5.32 Å². The third kappa shape index (κ3) is 4.41. The third-order valence-electron chi connectivity index (χ3n) is 3.82. The maximum atomic E-state index is 12.0. The molecule has 2 heterocycles. The highest BCUT2D eigenvalue weighted by Gasteiger charge is 2.08. The van der Waals surface area contributed by atoms with E-state index in [1.54, 1.807) is 18.5 Å². The minimum Gasteiger partial charge on any atom is -0.462 e. The zero-order valence-electron chi connectivity index (χ0n) is 14.1. The molecule has 1 N–H and O–H groups in total. The van der Waals surface area contributed by atoms with Gasteiger partial charge in [-0.15, -0.1) is 0 Å². The molecule has 5 nitrogen and oxygen atoms in total. The van der Waals surface area contributed by atoms with Crippen LogP contribution >= 0.6 is 0 Å². The van der Waals surface area contributed by atoms with Gasteiger partial charge in [-0.05, 0) is 43.2 Å². The van der Waals surface area contributed by atoms with Gasteiger partial charge in [0.1, 0.15) is 17.8 Å². The van der Waals surface area contributed by atoms with Crippen LogP contribution in [0, 0.1) is 6.92 Å². The monoisotopic (exact) mass is 333 g/mol. The summed E-state index contributed by atoms with van der Waals surface area (Å²) >= 11 is 0. The lowest BCUT2D eigenvalue weighted by atomic mass is 10.0. The van der Waals surface area contributed by atoms with E-state index in [1.807, 2.05) is 50.2 Å². The number of hydrogen-bond donors (Lipinski definition) is 1. The second kappa shape index (κ2) is 7.57. The first kappa shape index (κ1) is 16.6. The number of aromatic nitrogens is 2. The van der Waals surface area contributed by atoms with Crippen molar-refractivity contribution >= 4 is 12.0 Å². The summed E-state index contributed by atoms with van der Waals surface area (Å²) in [6, 6.07) is 11.6. The summed E-state index contributed by atoms with van der Waals surface area (Å²) in [4.78, 5) is 20.1. The fraction of sp³-hybridized carbons (Fsp3) is 0.150. The number of furan rings is 1. The van der Waals surface area contributed by atoms with E-state index >= 15 is 0 Å². The van der Waals surface area contributed by atoms with Crippen LogP contribution in [-0.4, -0.2) is 15.9 Å². The molecule has 0 saturated carbocycles. The van der Waals surface area contributed by atoms with Gasteiger partial charge < -0.3 is 9.73 Å². The Balaban J connectivity index is 1.62. The first-order valence-corrected chi connectivity index (χ1v) is 8.02. The average Bonchev–Trinajstić information content (AvgIpc) is 3.06. The molecular formula is C20H19N3O2. The summed E-state index contributed by atoms with van der Waals surface area (Å²) < 4.78 is 5.40. The lowest BCUT2D eigenvalue weighted by Gasteiger charge is -2.13. The largest absolute Gasteiger partial charge is 0.462 e. The molecule has 3 rings (SSSR count). The van der Waals surface area contributed by atoms with Gasteiger partial charge in [0, 0.05) is 24.0 Å². The number of rotatable bonds is 5. The second-order valence-corrected chi connectivity index (χ2v) is 5.76. The third-order valence-corrected chi connectivity index (χ3v) is 3.82. The fourth-order valence-electron chi connectivity index (χ4n) is 2.46. The summed E-state index contributed by atoms with van der Waals surface area (Å²) in [5.41, 5.74) is 3.02. The maximum absolute atomic E-state index is 12.0. The molecule has 0 aliphatic rings. The zero-order valence-corrected chi connectivity index (χ0v) is 14.1. The minimum absolute atomic E-state index is 0.100. The van der Waals surface area contributed by atoms with Gasteiger partial charge in [-0.25, -0.2) is 9.97 Å². The Kier molecular flexibility index (Phi) is 5.04. The average molecular weight is 333 g/mol. The van der Waals surface area contributed by atoms with Crippen molar-refractivity contribution in [3.8, 4) is 11.1 Å². The summed E-state index contributed by atoms with van der Waals surface area (Å²) in [6.45, 7) is 3.81. The molecular weight excluding hydrogens is 314 g/mol. The molecule has 25 heavy (non-hydrogen) atoms. The number of amides is 1. The normalized spacial score (nSPS) is 12.2. The highest BCUT2D eigenvalue weighted by molar-refractivity contribution is 5.91. The Hall–Kier alpha value is -3.21. The van der Waals surface area contributed by atoms with Crippen LogP contribution in [0.1, 0.15) is 30.0 Å². The smallest absolute Gasteiger partial charge is 0.244 e. The van der Waals surface area contributed by atoms with E-state index < -0.39 is 0 Å². The second-order valence-electron chi connectivity index (χ2n) is 5.76. The predicted molar refractivity (Wildman–Crippen MR) is 96.5 cm³/mol. The molecule has 0 aliphatic heterocycles. The van der Waals surface area contributed by atoms with Crippen LogP contribution in [-0.2, 0) is 4.79 Å². The number of nitrogens with one attached hydrogen (secondary N) is 1. The van der Waals surface area contributed by atoms with Crippen molar-refractivity contribution < 1.29 is 9.21 Å². The molecule has 0 radical (unpaired) electrons. The van der Waals surface area contributed by atoms with Gasteiger partial charge >= 0.3 is 0 Å². The van der Waals surface area contributed by atoms with E-state index in [1.165, 1.54) is 12.4 Å². The zero-order chi connectivity index (χ0) is 17.6. The first-order valence-electron chi connectivity index (χ1n) is 8.02. The van der Waals surface area contributed by atoms with Crippen molar-refractivity contribution in [2.45, 2.75) is 19.9 Å². The number of carbonyl (C=O) groups excluding carboxylic acids is 1. The van der Waals surface area contributed by atoms with Gasteiger partial charge in [0.25, 0.3) is 0 Å². The Labute approximate surface area is 146 Å². The number of aryl methyl sites for hydroxylation is 1. The van der Waals surface area contributed by atoms with Crippen molar-refractivity contribution in [1.29, 1.82) is 0 Å². The highest BCUT2D eigenvalue weighted by atomic mass is 16.3. The molecule has 0 fully saturated rings. The Morgan fingerprint density at radius 2 is 1.80 bits per heavy atom. The predicted octanol–water partition coefficient (Wildman–Crippen LogP) is 3.94. The molecule has 1 unspecified atom stereocenters. The van der Waals surface area contributed by atoms with Crippen molar-refractivity contribution in [2.75, 3.05) is 0 Å². The highest BCUT2D eigenvalue weighted by Crippen LogP contribution is 2.20. The van der Waals surface area contributed by atoms with Crippen LogP contribution in [0.4, 0.5) is 0 Å². The summed E-state index contributed by atoms with van der Waals surface area (Å²) in [5, 5.41) is 2.94. The summed E-state index contributed by atoms with van der Waals surface area (Å²) in [6.07, 6.45) is 8.19. The molecule has 2 aromatic heterocycles. The quantitative estimate of drug-likeness (QED) is 0.718. The van der Waals surface area contributed by atoms with Crippen LogP contribution in [0.5, 0.6) is 0 Å². The Morgan fingerprint density at radius 3 is 2.44 bits per heavy atom. The van der Waals surface area contributed by atoms with E-state index in [-0.39, 0.29) is 11.9 Å². The van der Waals surface area contributed by atoms with Crippen LogP contribution in [0.2, 0.25) is 0 Å². The van der Waals surface area contributed by atoms with Gasteiger partial charge in [0.15, 0.2) is 0 Å². The summed E-state index contributed by atoms with van der Waals surface area (Å²) in [5.74, 6) is 1.31. The standard InChI is InChI=1S/C20H19N3O2/c1-14-3-8-19(25-14)9-10-20(24)23-15(2)16-4-6-17(7-5-16)18-11-21-13-22-12-18/h3-13,15H,1-2H3,(H,23,24)/b10-9+. The molecule has 5 heteroatoms. The number of hydrogen-bond acceptors (Lipinski definition) is 4. The topological polar surface area (TPSA) is 68.0 Å². The SMILES string of the molecule is Cc1ccc(/C=C/C(=O)NC(C)c2ccc(-c3cncnc3)cc2)o1. The van der Waals surface area contributed by atoms with Gasteiger partial charge in [-0.3, -0.25) is 4.79 Å². The van der Waals surface area contributed by atoms with Gasteiger partial charge in [-0.1, -0.05) is 24.3 Å². The van der Waals surface area contributed by atoms with Crippen molar-refractivity contribution in [2.24, 2.45) is 0 Å². The van der Waals surface area contributed by atoms with E-state index in [9.17, 15) is 4.79 Å². The molecule has 0 bridgehead atoms. The molecule has 3 aromatic rings. The van der Waals surface area contributed by atoms with E-state index in [2.05, 4.69) is 15.3 Å². The molecule has 126 valence electrons. The molecule has 1 amide bonds. The van der Waals surface area contributed by atoms with E-state index in [4.69, 9.17) is 4.42 Å². The molecule has 0 spiro atoms. The van der Waals surface area contributed by atoms with Crippen molar-refractivity contribution in [3.63, 3.8) is 0 Å². The number of benzene rings is 1. The lowest BCUT2D eigenvalue weighted by molar-refractivity contribution is -0.117. The van der Waals surface area contributed by atoms with Crippen LogP contribution in [0.15, 0.2) is 65.6 Å². The fourth-order valence-corrected chi connectivity index (χ4v) is 2.46. The van der Waals surface area contributed by atoms with Gasteiger partial charge in [-0.2, -0.15) is 0 Å². The first-order chi connectivity index (χ1) is 12.1. The molecule has 0 saturated heterocycles. The minimum atomic E-state index is -0.165. The van der Waals surface area contributed by atoms with E-state index in [0.717, 1.165) is 22.5 Å². The molecule has 1 aromatic carbocycles. The van der Waals surface area contributed by atoms with Gasteiger partial charge in [0.05, 0.1) is 6.04 Å². The van der Waals surface area contributed by atoms with Crippen molar-refractivity contribution in [3.05, 3.63) is 78.3 Å². The van der Waals surface area contributed by atoms with Gasteiger partial charge in [0.2, 0.25) is 5.91 Å². The number of nitrogens with zero attached hydrogens (tertiary/aromatic N) is 2. The Bertz CT molecular complexity index is 867.